The average molecular weight is 203 g/mol. The van der Waals surface area contributed by atoms with Crippen molar-refractivity contribution in [2.24, 2.45) is 0 Å². The summed E-state index contributed by atoms with van der Waals surface area (Å²) in [5.41, 5.74) is 0.321. The van der Waals surface area contributed by atoms with Gasteiger partial charge in [0.05, 0.1) is 7.11 Å². The number of nitrogens with zero attached hydrogens (tertiary/aromatic N) is 3. The van der Waals surface area contributed by atoms with E-state index in [0.29, 0.717) is 5.52 Å². The number of halogens is 2. The molecule has 0 atom stereocenters. The quantitative estimate of drug-likeness (QED) is 0.705. The number of hydrogen-bond acceptors (Lipinski definition) is 4. The van der Waals surface area contributed by atoms with Crippen LogP contribution in [0.5, 0.6) is 5.88 Å². The van der Waals surface area contributed by atoms with E-state index in [4.69, 9.17) is 16.3 Å². The lowest BCUT2D eigenvalue weighted by atomic mass is 10.4. The molecule has 2 aromatic heterocycles. The molecule has 0 aromatic carbocycles. The van der Waals surface area contributed by atoms with Crippen LogP contribution in [0.3, 0.4) is 0 Å². The molecule has 2 heterocycles. The van der Waals surface area contributed by atoms with Crippen molar-refractivity contribution >= 4 is 22.6 Å². The normalized spacial score (nSPS) is 10.7. The Morgan fingerprint density at radius 1 is 1.46 bits per heavy atom. The van der Waals surface area contributed by atoms with Gasteiger partial charge in [-0.3, -0.25) is 5.10 Å². The van der Waals surface area contributed by atoms with Crippen molar-refractivity contribution in [1.29, 1.82) is 0 Å². The van der Waals surface area contributed by atoms with Gasteiger partial charge in [-0.1, -0.05) is 0 Å². The van der Waals surface area contributed by atoms with E-state index in [1.165, 1.54) is 7.11 Å². The second-order valence-corrected chi connectivity index (χ2v) is 2.58. The molecule has 0 fully saturated rings. The van der Waals surface area contributed by atoms with E-state index in [-0.39, 0.29) is 16.7 Å². The maximum atomic E-state index is 12.9. The zero-order valence-corrected chi connectivity index (χ0v) is 7.26. The Morgan fingerprint density at radius 3 is 2.92 bits per heavy atom. The van der Waals surface area contributed by atoms with Crippen molar-refractivity contribution in [2.45, 2.75) is 0 Å². The Labute approximate surface area is 76.9 Å². The number of rotatable bonds is 1. The van der Waals surface area contributed by atoms with Crippen molar-refractivity contribution in [3.05, 3.63) is 11.2 Å². The van der Waals surface area contributed by atoms with Gasteiger partial charge in [0.1, 0.15) is 5.52 Å². The van der Waals surface area contributed by atoms with Gasteiger partial charge in [0.2, 0.25) is 11.2 Å². The summed E-state index contributed by atoms with van der Waals surface area (Å²) in [5.74, 6) is -0.552. The van der Waals surface area contributed by atoms with Crippen LogP contribution in [-0.4, -0.2) is 27.3 Å². The summed E-state index contributed by atoms with van der Waals surface area (Å²) in [7, 11) is 1.40. The van der Waals surface area contributed by atoms with E-state index >= 15 is 0 Å². The lowest BCUT2D eigenvalue weighted by Gasteiger charge is -1.98. The standard InChI is InChI=1S/C6H4ClFN4O/c1-13-5-3-2(4(8)12-11-3)9-6(7)10-5/h1H3,(H,11,12). The molecule has 0 aliphatic heterocycles. The number of ether oxygens (including phenoxy) is 1. The lowest BCUT2D eigenvalue weighted by Crippen LogP contribution is -1.92. The van der Waals surface area contributed by atoms with Gasteiger partial charge in [0, 0.05) is 0 Å². The van der Waals surface area contributed by atoms with Crippen LogP contribution in [0.4, 0.5) is 4.39 Å². The highest BCUT2D eigenvalue weighted by Gasteiger charge is 2.13. The minimum Gasteiger partial charge on any atom is -0.479 e. The van der Waals surface area contributed by atoms with Crippen LogP contribution in [0.2, 0.25) is 5.28 Å². The number of hydrogen-bond donors (Lipinski definition) is 1. The molecule has 0 unspecified atom stereocenters. The topological polar surface area (TPSA) is 63.7 Å². The highest BCUT2D eigenvalue weighted by molar-refractivity contribution is 6.28. The van der Waals surface area contributed by atoms with Gasteiger partial charge in [-0.15, -0.1) is 5.10 Å². The van der Waals surface area contributed by atoms with Crippen LogP contribution < -0.4 is 4.74 Å². The van der Waals surface area contributed by atoms with Crippen LogP contribution in [0, 0.1) is 5.95 Å². The zero-order valence-electron chi connectivity index (χ0n) is 6.51. The fourth-order valence-electron chi connectivity index (χ4n) is 0.970. The van der Waals surface area contributed by atoms with Gasteiger partial charge in [0.25, 0.3) is 5.95 Å². The third-order valence-electron chi connectivity index (χ3n) is 1.50. The predicted octanol–water partition coefficient (Wildman–Crippen LogP) is 1.15. The van der Waals surface area contributed by atoms with E-state index in [1.54, 1.807) is 0 Å². The van der Waals surface area contributed by atoms with E-state index < -0.39 is 5.95 Å². The van der Waals surface area contributed by atoms with Gasteiger partial charge < -0.3 is 4.74 Å². The number of methoxy groups -OCH3 is 1. The third-order valence-corrected chi connectivity index (χ3v) is 1.67. The highest BCUT2D eigenvalue weighted by Crippen LogP contribution is 2.22. The molecule has 0 radical (unpaired) electrons. The summed E-state index contributed by atoms with van der Waals surface area (Å²) >= 11 is 5.52. The van der Waals surface area contributed by atoms with Gasteiger partial charge in [-0.2, -0.15) is 9.37 Å². The average Bonchev–Trinajstić information content (AvgIpc) is 2.47. The highest BCUT2D eigenvalue weighted by atomic mass is 35.5. The van der Waals surface area contributed by atoms with Crippen LogP contribution in [0.15, 0.2) is 0 Å². The van der Waals surface area contributed by atoms with Crippen molar-refractivity contribution in [3.63, 3.8) is 0 Å². The monoisotopic (exact) mass is 202 g/mol. The zero-order chi connectivity index (χ0) is 9.42. The molecule has 0 spiro atoms. The Morgan fingerprint density at radius 2 is 2.23 bits per heavy atom. The summed E-state index contributed by atoms with van der Waals surface area (Å²) in [6.45, 7) is 0. The molecule has 0 aliphatic rings. The lowest BCUT2D eigenvalue weighted by molar-refractivity contribution is 0.401. The number of H-pyrrole nitrogens is 1. The Balaban J connectivity index is 2.84. The number of aromatic nitrogens is 4. The molecule has 68 valence electrons. The number of fused-ring (bicyclic) bond motifs is 1. The van der Waals surface area contributed by atoms with Crippen LogP contribution in [0.1, 0.15) is 0 Å². The van der Waals surface area contributed by atoms with Crippen molar-refractivity contribution < 1.29 is 9.13 Å². The molecule has 0 saturated heterocycles. The number of nitrogens with one attached hydrogen (secondary N) is 1. The Hall–Kier alpha value is -1.43. The van der Waals surface area contributed by atoms with Gasteiger partial charge in [-0.25, -0.2) is 4.98 Å². The molecular formula is C6H4ClFN4O. The second kappa shape index (κ2) is 2.81. The molecule has 13 heavy (non-hydrogen) atoms. The first-order valence-electron chi connectivity index (χ1n) is 3.33. The second-order valence-electron chi connectivity index (χ2n) is 2.24. The molecule has 0 aliphatic carbocycles. The fraction of sp³-hybridized carbons (Fsp3) is 0.167. The first-order chi connectivity index (χ1) is 6.22. The van der Waals surface area contributed by atoms with Crippen molar-refractivity contribution in [1.82, 2.24) is 20.2 Å². The Bertz CT molecular complexity index is 457. The molecule has 2 aromatic rings. The van der Waals surface area contributed by atoms with E-state index in [0.717, 1.165) is 0 Å². The SMILES string of the molecule is COc1nc(Cl)nc2c(F)n[nH]c12. The molecule has 5 nitrogen and oxygen atoms in total. The fourth-order valence-corrected chi connectivity index (χ4v) is 1.13. The molecule has 0 bridgehead atoms. The van der Waals surface area contributed by atoms with Gasteiger partial charge >= 0.3 is 0 Å². The van der Waals surface area contributed by atoms with Crippen molar-refractivity contribution in [3.8, 4) is 5.88 Å². The molecule has 1 N–H and O–H groups in total. The number of aromatic amines is 1. The van der Waals surface area contributed by atoms with Gasteiger partial charge in [0.15, 0.2) is 5.52 Å². The van der Waals surface area contributed by atoms with Crippen molar-refractivity contribution in [2.75, 3.05) is 7.11 Å². The van der Waals surface area contributed by atoms with E-state index in [9.17, 15) is 4.39 Å². The maximum absolute atomic E-state index is 12.9. The maximum Gasteiger partial charge on any atom is 0.258 e. The van der Waals surface area contributed by atoms with Crippen LogP contribution >= 0.6 is 11.6 Å². The minimum absolute atomic E-state index is 0.0249. The van der Waals surface area contributed by atoms with Crippen LogP contribution in [0.25, 0.3) is 11.0 Å². The molecular weight excluding hydrogens is 199 g/mol. The largest absolute Gasteiger partial charge is 0.479 e. The molecule has 7 heteroatoms. The molecule has 0 saturated carbocycles. The summed E-state index contributed by atoms with van der Waals surface area (Å²) in [4.78, 5) is 7.38. The summed E-state index contributed by atoms with van der Waals surface area (Å²) < 4.78 is 17.7. The molecule has 2 rings (SSSR count). The van der Waals surface area contributed by atoms with E-state index in [1.807, 2.05) is 0 Å². The Kier molecular flexibility index (Phi) is 1.77. The summed E-state index contributed by atoms with van der Waals surface area (Å²) in [5, 5.41) is 5.63. The third kappa shape index (κ3) is 1.19. The van der Waals surface area contributed by atoms with Gasteiger partial charge in [-0.05, 0) is 11.6 Å². The first kappa shape index (κ1) is 8.18. The smallest absolute Gasteiger partial charge is 0.258 e. The van der Waals surface area contributed by atoms with E-state index in [2.05, 4.69) is 20.2 Å². The minimum atomic E-state index is -0.724. The predicted molar refractivity (Wildman–Crippen MR) is 43.2 cm³/mol. The van der Waals surface area contributed by atoms with Crippen LogP contribution in [-0.2, 0) is 0 Å². The summed E-state index contributed by atoms with van der Waals surface area (Å²) in [6.07, 6.45) is 0. The first-order valence-corrected chi connectivity index (χ1v) is 3.71. The summed E-state index contributed by atoms with van der Waals surface area (Å²) in [6, 6.07) is 0. The molecule has 0 amide bonds.